The summed E-state index contributed by atoms with van der Waals surface area (Å²) in [5.74, 6) is -1.65. The fraction of sp³-hybridized carbons (Fsp3) is 0.0769. The molecule has 2 N–H and O–H groups in total. The van der Waals surface area contributed by atoms with Gasteiger partial charge in [0.2, 0.25) is 5.88 Å². The van der Waals surface area contributed by atoms with E-state index in [4.69, 9.17) is 10.1 Å². The molecule has 0 aliphatic rings. The van der Waals surface area contributed by atoms with Crippen LogP contribution in [0.4, 0.5) is 14.5 Å². The molecule has 1 aromatic heterocycles. The summed E-state index contributed by atoms with van der Waals surface area (Å²) in [4.78, 5) is 3.95. The van der Waals surface area contributed by atoms with Gasteiger partial charge in [0.05, 0.1) is 12.7 Å². The number of amidine groups is 1. The molecule has 0 saturated heterocycles. The highest BCUT2D eigenvalue weighted by Gasteiger charge is 2.10. The topological polar surface area (TPSA) is 58.0 Å². The third-order valence-corrected chi connectivity index (χ3v) is 2.42. The zero-order valence-electron chi connectivity index (χ0n) is 10.1. The van der Waals surface area contributed by atoms with Crippen molar-refractivity contribution in [3.8, 4) is 5.88 Å². The van der Waals surface area contributed by atoms with Gasteiger partial charge in [-0.25, -0.2) is 13.8 Å². The minimum absolute atomic E-state index is 0.0176. The van der Waals surface area contributed by atoms with Crippen LogP contribution >= 0.6 is 0 Å². The number of hydrogen-bond acceptors (Lipinski definition) is 3. The van der Waals surface area contributed by atoms with Crippen LogP contribution in [0.5, 0.6) is 5.88 Å². The van der Waals surface area contributed by atoms with Crippen molar-refractivity contribution in [3.63, 3.8) is 0 Å². The minimum atomic E-state index is -0.976. The predicted molar refractivity (Wildman–Crippen MR) is 67.6 cm³/mol. The van der Waals surface area contributed by atoms with Gasteiger partial charge in [-0.1, -0.05) is 0 Å². The molecule has 19 heavy (non-hydrogen) atoms. The smallest absolute Gasteiger partial charge is 0.224 e. The van der Waals surface area contributed by atoms with Crippen molar-refractivity contribution >= 4 is 11.5 Å². The lowest BCUT2D eigenvalue weighted by molar-refractivity contribution is 0.397. The van der Waals surface area contributed by atoms with E-state index in [1.807, 2.05) is 0 Å². The van der Waals surface area contributed by atoms with Crippen molar-refractivity contribution in [2.45, 2.75) is 0 Å². The van der Waals surface area contributed by atoms with Crippen LogP contribution in [0.15, 0.2) is 36.5 Å². The van der Waals surface area contributed by atoms with Crippen LogP contribution < -0.4 is 10.1 Å². The Morgan fingerprint density at radius 1 is 1.26 bits per heavy atom. The van der Waals surface area contributed by atoms with Crippen LogP contribution in [-0.4, -0.2) is 17.9 Å². The summed E-state index contributed by atoms with van der Waals surface area (Å²) < 4.78 is 30.9. The number of ether oxygens (including phenoxy) is 1. The van der Waals surface area contributed by atoms with Crippen LogP contribution in [0.2, 0.25) is 0 Å². The molecule has 0 spiro atoms. The lowest BCUT2D eigenvalue weighted by Gasteiger charge is -2.10. The number of nitrogens with zero attached hydrogens (tertiary/aromatic N) is 1. The number of aromatic nitrogens is 1. The fourth-order valence-electron chi connectivity index (χ4n) is 1.53. The lowest BCUT2D eigenvalue weighted by Crippen LogP contribution is -2.14. The van der Waals surface area contributed by atoms with Crippen molar-refractivity contribution in [3.05, 3.63) is 53.7 Å². The summed E-state index contributed by atoms with van der Waals surface area (Å²) in [6, 6.07) is 6.61. The molecule has 0 bridgehead atoms. The van der Waals surface area contributed by atoms with Gasteiger partial charge in [-0.05, 0) is 24.3 Å². The molecular formula is C13H11F2N3O. The minimum Gasteiger partial charge on any atom is -0.480 e. The summed E-state index contributed by atoms with van der Waals surface area (Å²) in [7, 11) is 1.44. The molecular weight excluding hydrogens is 252 g/mol. The van der Waals surface area contributed by atoms with E-state index in [9.17, 15) is 8.78 Å². The quantitative estimate of drug-likeness (QED) is 0.661. The maximum Gasteiger partial charge on any atom is 0.224 e. The second-order valence-electron chi connectivity index (χ2n) is 3.69. The van der Waals surface area contributed by atoms with Gasteiger partial charge < -0.3 is 10.1 Å². The maximum atomic E-state index is 13.1. The molecule has 0 aliphatic heterocycles. The highest BCUT2D eigenvalue weighted by molar-refractivity contribution is 6.07. The van der Waals surface area contributed by atoms with Crippen molar-refractivity contribution in [1.82, 2.24) is 4.98 Å². The molecule has 6 heteroatoms. The molecule has 0 fully saturated rings. The summed E-state index contributed by atoms with van der Waals surface area (Å²) in [6.07, 6.45) is 1.53. The first kappa shape index (κ1) is 12.9. The standard InChI is InChI=1S/C13H11F2N3O/c1-19-13-9(3-2-6-17-13)12(16)18-8-4-5-10(14)11(15)7-8/h2-7H,1H3,(H2,16,18). The Labute approximate surface area is 108 Å². The lowest BCUT2D eigenvalue weighted by atomic mass is 10.2. The molecule has 0 amide bonds. The van der Waals surface area contributed by atoms with E-state index in [-0.39, 0.29) is 17.4 Å². The van der Waals surface area contributed by atoms with E-state index in [1.54, 1.807) is 12.1 Å². The molecule has 2 rings (SSSR count). The number of hydrogen-bond donors (Lipinski definition) is 2. The third-order valence-electron chi connectivity index (χ3n) is 2.42. The molecule has 0 radical (unpaired) electrons. The average Bonchev–Trinajstić information content (AvgIpc) is 2.43. The first-order valence-electron chi connectivity index (χ1n) is 5.42. The van der Waals surface area contributed by atoms with E-state index in [1.165, 1.54) is 19.4 Å². The highest BCUT2D eigenvalue weighted by Crippen LogP contribution is 2.17. The Morgan fingerprint density at radius 2 is 2.05 bits per heavy atom. The van der Waals surface area contributed by atoms with Crippen molar-refractivity contribution < 1.29 is 13.5 Å². The second kappa shape index (κ2) is 5.43. The van der Waals surface area contributed by atoms with Gasteiger partial charge in [0.1, 0.15) is 5.84 Å². The van der Waals surface area contributed by atoms with Gasteiger partial charge in [-0.15, -0.1) is 0 Å². The summed E-state index contributed by atoms with van der Waals surface area (Å²) in [5, 5.41) is 10.5. The number of anilines is 1. The molecule has 0 unspecified atom stereocenters. The fourth-order valence-corrected chi connectivity index (χ4v) is 1.53. The van der Waals surface area contributed by atoms with Crippen LogP contribution in [0.1, 0.15) is 5.56 Å². The Morgan fingerprint density at radius 3 is 2.74 bits per heavy atom. The second-order valence-corrected chi connectivity index (χ2v) is 3.69. The Bertz CT molecular complexity index is 617. The molecule has 4 nitrogen and oxygen atoms in total. The summed E-state index contributed by atoms with van der Waals surface area (Å²) >= 11 is 0. The summed E-state index contributed by atoms with van der Waals surface area (Å²) in [5.41, 5.74) is 0.699. The molecule has 1 aromatic carbocycles. The van der Waals surface area contributed by atoms with Gasteiger partial charge in [-0.3, -0.25) is 5.41 Å². The molecule has 98 valence electrons. The summed E-state index contributed by atoms with van der Waals surface area (Å²) in [6.45, 7) is 0. The first-order chi connectivity index (χ1) is 9.11. The zero-order chi connectivity index (χ0) is 13.8. The van der Waals surface area contributed by atoms with Gasteiger partial charge in [0, 0.05) is 18.0 Å². The van der Waals surface area contributed by atoms with Crippen LogP contribution in [0.25, 0.3) is 0 Å². The first-order valence-corrected chi connectivity index (χ1v) is 5.42. The van der Waals surface area contributed by atoms with Crippen molar-refractivity contribution in [1.29, 1.82) is 5.41 Å². The van der Waals surface area contributed by atoms with Crippen LogP contribution in [0, 0.1) is 17.0 Å². The van der Waals surface area contributed by atoms with E-state index >= 15 is 0 Å². The van der Waals surface area contributed by atoms with E-state index in [0.29, 0.717) is 5.56 Å². The van der Waals surface area contributed by atoms with E-state index in [2.05, 4.69) is 10.3 Å². The number of nitrogens with one attached hydrogen (secondary N) is 2. The highest BCUT2D eigenvalue weighted by atomic mass is 19.2. The normalized spacial score (nSPS) is 10.1. The number of rotatable bonds is 3. The number of pyridine rings is 1. The van der Waals surface area contributed by atoms with Crippen LogP contribution in [0.3, 0.4) is 0 Å². The van der Waals surface area contributed by atoms with Crippen molar-refractivity contribution in [2.24, 2.45) is 0 Å². The van der Waals surface area contributed by atoms with Gasteiger partial charge >= 0.3 is 0 Å². The number of methoxy groups -OCH3 is 1. The van der Waals surface area contributed by atoms with E-state index < -0.39 is 11.6 Å². The van der Waals surface area contributed by atoms with Gasteiger partial charge in [-0.2, -0.15) is 0 Å². The average molecular weight is 263 g/mol. The number of benzene rings is 1. The molecule has 1 heterocycles. The van der Waals surface area contributed by atoms with Crippen molar-refractivity contribution in [2.75, 3.05) is 12.4 Å². The maximum absolute atomic E-state index is 13.1. The van der Waals surface area contributed by atoms with Gasteiger partial charge in [0.15, 0.2) is 11.6 Å². The van der Waals surface area contributed by atoms with Gasteiger partial charge in [0.25, 0.3) is 0 Å². The SMILES string of the molecule is COc1ncccc1C(=N)Nc1ccc(F)c(F)c1. The Kier molecular flexibility index (Phi) is 3.70. The largest absolute Gasteiger partial charge is 0.480 e. The number of halogens is 2. The van der Waals surface area contributed by atoms with Crippen LogP contribution in [-0.2, 0) is 0 Å². The Hall–Kier alpha value is -2.50. The zero-order valence-corrected chi connectivity index (χ0v) is 10.1. The molecule has 2 aromatic rings. The Balaban J connectivity index is 2.23. The third kappa shape index (κ3) is 2.85. The molecule has 0 atom stereocenters. The molecule has 0 saturated carbocycles. The predicted octanol–water partition coefficient (Wildman–Crippen LogP) is 2.81. The molecule has 0 aliphatic carbocycles. The monoisotopic (exact) mass is 263 g/mol. The van der Waals surface area contributed by atoms with E-state index in [0.717, 1.165) is 12.1 Å².